The zero-order valence-corrected chi connectivity index (χ0v) is 16.7. The minimum Gasteiger partial charge on any atom is -0.481 e. The van der Waals surface area contributed by atoms with Crippen LogP contribution in [0.3, 0.4) is 0 Å². The SMILES string of the molecule is NC(CCC(=O)O)C(=O)NC(Cc1cnc[nH]1)C(=O)N1CCCC1C(=O)NCC(=O)O. The van der Waals surface area contributed by atoms with Crippen LogP contribution in [0.25, 0.3) is 0 Å². The molecule has 3 amide bonds. The van der Waals surface area contributed by atoms with Crippen LogP contribution >= 0.6 is 0 Å². The van der Waals surface area contributed by atoms with E-state index >= 15 is 0 Å². The molecule has 1 saturated heterocycles. The summed E-state index contributed by atoms with van der Waals surface area (Å²) in [5, 5.41) is 22.3. The van der Waals surface area contributed by atoms with Gasteiger partial charge in [-0.05, 0) is 19.3 Å². The summed E-state index contributed by atoms with van der Waals surface area (Å²) in [5.41, 5.74) is 6.30. The topological polar surface area (TPSA) is 208 Å². The largest absolute Gasteiger partial charge is 0.481 e. The predicted molar refractivity (Wildman–Crippen MR) is 104 cm³/mol. The van der Waals surface area contributed by atoms with Crippen LogP contribution in [0.4, 0.5) is 0 Å². The Bertz CT molecular complexity index is 812. The van der Waals surface area contributed by atoms with Gasteiger partial charge in [0.25, 0.3) is 0 Å². The highest BCUT2D eigenvalue weighted by atomic mass is 16.4. The molecule has 2 rings (SSSR count). The number of carboxylic acids is 2. The molecule has 0 aromatic carbocycles. The zero-order valence-electron chi connectivity index (χ0n) is 16.7. The molecule has 1 fully saturated rings. The molecule has 1 aromatic heterocycles. The van der Waals surface area contributed by atoms with Crippen molar-refractivity contribution in [2.75, 3.05) is 13.1 Å². The molecule has 13 heteroatoms. The van der Waals surface area contributed by atoms with Crippen molar-refractivity contribution in [3.8, 4) is 0 Å². The Balaban J connectivity index is 2.11. The lowest BCUT2D eigenvalue weighted by molar-refractivity contribution is -0.143. The van der Waals surface area contributed by atoms with Crippen molar-refractivity contribution in [1.82, 2.24) is 25.5 Å². The standard InChI is InChI=1S/C18H26N6O7/c19-11(3-4-14(25)26)16(29)23-12(6-10-7-20-9-22-10)18(31)24-5-1-2-13(24)17(30)21-8-15(27)28/h7,9,11-13H,1-6,8,19H2,(H,20,22)(H,21,30)(H,23,29)(H,25,26)(H,27,28). The van der Waals surface area contributed by atoms with Gasteiger partial charge in [0, 0.05) is 31.3 Å². The van der Waals surface area contributed by atoms with Gasteiger partial charge >= 0.3 is 11.9 Å². The van der Waals surface area contributed by atoms with E-state index in [0.717, 1.165) is 0 Å². The number of aromatic nitrogens is 2. The fourth-order valence-corrected chi connectivity index (χ4v) is 3.29. The molecule has 0 radical (unpaired) electrons. The number of aliphatic carboxylic acids is 2. The number of imidazole rings is 1. The van der Waals surface area contributed by atoms with Crippen molar-refractivity contribution in [1.29, 1.82) is 0 Å². The molecule has 0 saturated carbocycles. The number of nitrogens with two attached hydrogens (primary N) is 1. The quantitative estimate of drug-likeness (QED) is 0.222. The highest BCUT2D eigenvalue weighted by molar-refractivity contribution is 5.94. The summed E-state index contributed by atoms with van der Waals surface area (Å²) < 4.78 is 0. The second kappa shape index (κ2) is 11.1. The summed E-state index contributed by atoms with van der Waals surface area (Å²) in [6.45, 7) is -0.297. The maximum Gasteiger partial charge on any atom is 0.322 e. The first kappa shape index (κ1) is 23.8. The summed E-state index contributed by atoms with van der Waals surface area (Å²) >= 11 is 0. The molecule has 2 heterocycles. The lowest BCUT2D eigenvalue weighted by atomic mass is 10.1. The second-order valence-electron chi connectivity index (χ2n) is 7.18. The molecule has 1 aliphatic heterocycles. The molecule has 0 bridgehead atoms. The number of amides is 3. The number of hydrogen-bond donors (Lipinski definition) is 6. The monoisotopic (exact) mass is 438 g/mol. The van der Waals surface area contributed by atoms with Gasteiger partial charge in [0.05, 0.1) is 12.4 Å². The van der Waals surface area contributed by atoms with Crippen LogP contribution in [0.2, 0.25) is 0 Å². The number of rotatable bonds is 11. The van der Waals surface area contributed by atoms with Crippen LogP contribution in [-0.2, 0) is 30.4 Å². The van der Waals surface area contributed by atoms with E-state index in [4.69, 9.17) is 15.9 Å². The summed E-state index contributed by atoms with van der Waals surface area (Å²) in [6.07, 6.45) is 3.45. The van der Waals surface area contributed by atoms with Crippen LogP contribution in [0.1, 0.15) is 31.4 Å². The molecule has 1 aliphatic rings. The Kier molecular flexibility index (Phi) is 8.49. The summed E-state index contributed by atoms with van der Waals surface area (Å²) in [6, 6.07) is -3.05. The fourth-order valence-electron chi connectivity index (χ4n) is 3.29. The molecular weight excluding hydrogens is 412 g/mol. The average molecular weight is 438 g/mol. The van der Waals surface area contributed by atoms with Crippen LogP contribution < -0.4 is 16.4 Å². The van der Waals surface area contributed by atoms with Gasteiger partial charge in [-0.1, -0.05) is 0 Å². The number of carbonyl (C=O) groups is 5. The Hall–Kier alpha value is -3.48. The molecule has 0 spiro atoms. The van der Waals surface area contributed by atoms with Gasteiger partial charge in [-0.2, -0.15) is 0 Å². The Morgan fingerprint density at radius 3 is 2.61 bits per heavy atom. The van der Waals surface area contributed by atoms with Gasteiger partial charge in [-0.15, -0.1) is 0 Å². The van der Waals surface area contributed by atoms with E-state index in [2.05, 4.69) is 20.6 Å². The molecule has 170 valence electrons. The minimum atomic E-state index is -1.20. The van der Waals surface area contributed by atoms with Crippen molar-refractivity contribution < 1.29 is 34.2 Å². The van der Waals surface area contributed by atoms with Crippen LogP contribution in [0, 0.1) is 0 Å². The number of carboxylic acid groups (broad SMARTS) is 2. The van der Waals surface area contributed by atoms with Crippen molar-refractivity contribution in [3.05, 3.63) is 18.2 Å². The Morgan fingerprint density at radius 1 is 1.26 bits per heavy atom. The summed E-state index contributed by atoms with van der Waals surface area (Å²) in [5.74, 6) is -4.10. The van der Waals surface area contributed by atoms with Gasteiger partial charge in [0.1, 0.15) is 18.6 Å². The van der Waals surface area contributed by atoms with Crippen LogP contribution in [0.5, 0.6) is 0 Å². The Labute approximate surface area is 177 Å². The number of H-pyrrole nitrogens is 1. The Morgan fingerprint density at radius 2 is 2.00 bits per heavy atom. The van der Waals surface area contributed by atoms with Gasteiger partial charge in [-0.25, -0.2) is 4.98 Å². The van der Waals surface area contributed by atoms with E-state index in [1.807, 2.05) is 0 Å². The predicted octanol–water partition coefficient (Wildman–Crippen LogP) is -2.18. The van der Waals surface area contributed by atoms with Crippen LogP contribution in [-0.4, -0.2) is 86.0 Å². The minimum absolute atomic E-state index is 0.0518. The second-order valence-corrected chi connectivity index (χ2v) is 7.18. The fraction of sp³-hybridized carbons (Fsp3) is 0.556. The van der Waals surface area contributed by atoms with E-state index in [0.29, 0.717) is 18.5 Å². The lowest BCUT2D eigenvalue weighted by Crippen LogP contribution is -2.56. The van der Waals surface area contributed by atoms with Gasteiger partial charge in [0.2, 0.25) is 17.7 Å². The maximum atomic E-state index is 13.2. The molecular formula is C18H26N6O7. The first-order valence-corrected chi connectivity index (χ1v) is 9.74. The van der Waals surface area contributed by atoms with Crippen molar-refractivity contribution in [3.63, 3.8) is 0 Å². The molecule has 1 aromatic rings. The third-order valence-electron chi connectivity index (χ3n) is 4.85. The van der Waals surface area contributed by atoms with Gasteiger partial charge < -0.3 is 36.5 Å². The molecule has 0 aliphatic carbocycles. The highest BCUT2D eigenvalue weighted by Gasteiger charge is 2.38. The molecule has 13 nitrogen and oxygen atoms in total. The molecule has 7 N–H and O–H groups in total. The van der Waals surface area contributed by atoms with Gasteiger partial charge in [-0.3, -0.25) is 24.0 Å². The molecule has 3 unspecified atom stereocenters. The highest BCUT2D eigenvalue weighted by Crippen LogP contribution is 2.19. The molecule has 31 heavy (non-hydrogen) atoms. The van der Waals surface area contributed by atoms with Crippen molar-refractivity contribution >= 4 is 29.7 Å². The van der Waals surface area contributed by atoms with Gasteiger partial charge in [0.15, 0.2) is 0 Å². The number of hydrogen-bond acceptors (Lipinski definition) is 7. The normalized spacial score (nSPS) is 17.6. The number of nitrogens with one attached hydrogen (secondary N) is 3. The molecule has 3 atom stereocenters. The third-order valence-corrected chi connectivity index (χ3v) is 4.85. The van der Waals surface area contributed by atoms with E-state index in [-0.39, 0.29) is 25.8 Å². The van der Waals surface area contributed by atoms with E-state index < -0.39 is 54.3 Å². The number of aromatic amines is 1. The first-order valence-electron chi connectivity index (χ1n) is 9.74. The van der Waals surface area contributed by atoms with Crippen molar-refractivity contribution in [2.24, 2.45) is 5.73 Å². The zero-order chi connectivity index (χ0) is 23.0. The lowest BCUT2D eigenvalue weighted by Gasteiger charge is -2.29. The van der Waals surface area contributed by atoms with Crippen LogP contribution in [0.15, 0.2) is 12.5 Å². The third kappa shape index (κ3) is 7.06. The summed E-state index contributed by atoms with van der Waals surface area (Å²) in [4.78, 5) is 67.4. The average Bonchev–Trinajstić information content (AvgIpc) is 3.40. The number of likely N-dealkylation sites (tertiary alicyclic amines) is 1. The number of carbonyl (C=O) groups excluding carboxylic acids is 3. The van der Waals surface area contributed by atoms with E-state index in [9.17, 15) is 24.0 Å². The van der Waals surface area contributed by atoms with E-state index in [1.165, 1.54) is 17.4 Å². The smallest absolute Gasteiger partial charge is 0.322 e. The first-order chi connectivity index (χ1) is 14.7. The number of nitrogens with zero attached hydrogens (tertiary/aromatic N) is 2. The van der Waals surface area contributed by atoms with Crippen molar-refractivity contribution in [2.45, 2.75) is 50.2 Å². The maximum absolute atomic E-state index is 13.2. The summed E-state index contributed by atoms with van der Waals surface area (Å²) in [7, 11) is 0. The van der Waals surface area contributed by atoms with E-state index in [1.54, 1.807) is 0 Å².